The van der Waals surface area contributed by atoms with E-state index in [0.29, 0.717) is 64.4 Å². The zero-order valence-electron chi connectivity index (χ0n) is 38.5. The van der Waals surface area contributed by atoms with Crippen molar-refractivity contribution >= 4 is 62.8 Å². The maximum Gasteiger partial charge on any atom is 0.246 e. The summed E-state index contributed by atoms with van der Waals surface area (Å²) in [6, 6.07) is 17.6. The second kappa shape index (κ2) is 20.7. The molecule has 6 N–H and O–H groups in total. The number of anilines is 2. The average Bonchev–Trinajstić information content (AvgIpc) is 4.00. The third-order valence-corrected chi connectivity index (χ3v) is 15.5. The number of halogens is 2. The predicted octanol–water partition coefficient (Wildman–Crippen LogP) is 8.89. The Labute approximate surface area is 408 Å². The van der Waals surface area contributed by atoms with Gasteiger partial charge in [0.1, 0.15) is 6.23 Å². The fourth-order valence-electron chi connectivity index (χ4n) is 11.8. The number of aliphatic hydroxyl groups is 1. The van der Waals surface area contributed by atoms with Gasteiger partial charge >= 0.3 is 0 Å². The first-order valence-electron chi connectivity index (χ1n) is 24.4. The number of benzene rings is 2. The van der Waals surface area contributed by atoms with Crippen LogP contribution in [0.25, 0.3) is 44.3 Å². The van der Waals surface area contributed by atoms with Crippen LogP contribution in [-0.2, 0) is 4.79 Å². The van der Waals surface area contributed by atoms with Gasteiger partial charge in [-0.05, 0) is 94.4 Å². The van der Waals surface area contributed by atoms with Crippen molar-refractivity contribution in [1.29, 1.82) is 0 Å². The van der Waals surface area contributed by atoms with Crippen LogP contribution in [0.3, 0.4) is 0 Å². The van der Waals surface area contributed by atoms with Gasteiger partial charge in [0.15, 0.2) is 0 Å². The number of amides is 1. The van der Waals surface area contributed by atoms with E-state index >= 15 is 0 Å². The Kier molecular flexibility index (Phi) is 14.1. The molecule has 2 aliphatic heterocycles. The zero-order chi connectivity index (χ0) is 46.7. The van der Waals surface area contributed by atoms with E-state index in [0.717, 1.165) is 117 Å². The number of aliphatic hydroxyl groups excluding tert-OH is 1. The minimum atomic E-state index is -0.795. The number of para-hydroxylation sites is 2. The number of carbonyl (C=O) groups excluding carboxylic acids is 1. The highest BCUT2D eigenvalue weighted by molar-refractivity contribution is 6.33. The van der Waals surface area contributed by atoms with E-state index in [-0.39, 0.29) is 30.1 Å². The first-order valence-corrected chi connectivity index (χ1v) is 25.1. The number of nitrogens with one attached hydrogen (secondary N) is 5. The number of carbonyl (C=O) groups is 1. The number of piperazine rings is 1. The average molecular weight is 958 g/mol. The van der Waals surface area contributed by atoms with Gasteiger partial charge in [-0.3, -0.25) is 19.9 Å². The molecule has 0 bridgehead atoms. The molecule has 6 heterocycles. The SMILES string of the molecule is C=CC(=O)N1CCN([C@@H]2CCC[C@@H](Nc3ncc(Cl)c(-c4c[nH]c5ccccc45)n3)C2)[C@@H](CC2C[C@H](NC(O)C=C)CN(C3CCC[C@@H](Nc4ncc(Cl)c(-c5c[nH]c6ccccc56)n4)C3)C2)C1. The lowest BCUT2D eigenvalue weighted by Crippen LogP contribution is -2.60. The van der Waals surface area contributed by atoms with Crippen molar-refractivity contribution in [3.63, 3.8) is 0 Å². The highest BCUT2D eigenvalue weighted by Gasteiger charge is 2.40. The van der Waals surface area contributed by atoms with Gasteiger partial charge in [0.25, 0.3) is 0 Å². The fraction of sp³-hybridized carbons (Fsp3) is 0.442. The van der Waals surface area contributed by atoms with Crippen LogP contribution in [0.2, 0.25) is 10.0 Å². The van der Waals surface area contributed by atoms with Crippen LogP contribution >= 0.6 is 23.2 Å². The number of H-pyrrole nitrogens is 2. The Bertz CT molecular complexity index is 2740. The minimum absolute atomic E-state index is 0.0124. The van der Waals surface area contributed by atoms with E-state index in [1.54, 1.807) is 18.5 Å². The second-order valence-corrected chi connectivity index (χ2v) is 20.1. The predicted molar refractivity (Wildman–Crippen MR) is 273 cm³/mol. The van der Waals surface area contributed by atoms with Crippen molar-refractivity contribution in [2.75, 3.05) is 43.4 Å². The number of rotatable bonds is 14. The number of aromatic amines is 2. The van der Waals surface area contributed by atoms with Crippen LogP contribution in [-0.4, -0.2) is 131 Å². The summed E-state index contributed by atoms with van der Waals surface area (Å²) in [7, 11) is 0. The molecule has 2 aliphatic carbocycles. The lowest BCUT2D eigenvalue weighted by atomic mass is 9.82. The maximum atomic E-state index is 13.2. The van der Waals surface area contributed by atoms with Gasteiger partial charge in [0, 0.05) is 114 Å². The number of fused-ring (bicyclic) bond motifs is 2. The summed E-state index contributed by atoms with van der Waals surface area (Å²) in [5, 5.41) is 24.9. The Morgan fingerprint density at radius 2 is 1.35 bits per heavy atom. The van der Waals surface area contributed by atoms with Crippen LogP contribution in [0.1, 0.15) is 64.2 Å². The Balaban J connectivity index is 0.837. The summed E-state index contributed by atoms with van der Waals surface area (Å²) in [6.45, 7) is 11.6. The molecule has 356 valence electrons. The molecule has 16 heteroatoms. The molecule has 3 unspecified atom stereocenters. The summed E-state index contributed by atoms with van der Waals surface area (Å²) < 4.78 is 0. The molecule has 0 radical (unpaired) electrons. The molecular formula is C52H62Cl2N12O2. The molecule has 4 fully saturated rings. The van der Waals surface area contributed by atoms with Crippen LogP contribution < -0.4 is 16.0 Å². The van der Waals surface area contributed by atoms with Gasteiger partial charge in [-0.2, -0.15) is 0 Å². The van der Waals surface area contributed by atoms with Crippen molar-refractivity contribution in [3.8, 4) is 22.5 Å². The molecule has 6 aromatic rings. The molecule has 14 nitrogen and oxygen atoms in total. The largest absolute Gasteiger partial charge is 0.375 e. The van der Waals surface area contributed by atoms with Gasteiger partial charge < -0.3 is 30.6 Å². The highest BCUT2D eigenvalue weighted by Crippen LogP contribution is 2.37. The Morgan fingerprint density at radius 3 is 1.96 bits per heavy atom. The number of hydrogen-bond acceptors (Lipinski definition) is 11. The van der Waals surface area contributed by atoms with Crippen molar-refractivity contribution in [1.82, 2.24) is 49.9 Å². The number of hydrogen-bond donors (Lipinski definition) is 6. The van der Waals surface area contributed by atoms with E-state index in [2.05, 4.69) is 71.0 Å². The fourth-order valence-corrected chi connectivity index (χ4v) is 12.2. The highest BCUT2D eigenvalue weighted by atomic mass is 35.5. The molecule has 4 aromatic heterocycles. The molecule has 2 aromatic carbocycles. The summed E-state index contributed by atoms with van der Waals surface area (Å²) in [4.78, 5) is 46.4. The normalized spacial score (nSPS) is 25.6. The van der Waals surface area contributed by atoms with Crippen molar-refractivity contribution in [3.05, 3.63) is 109 Å². The molecule has 8 atom stereocenters. The second-order valence-electron chi connectivity index (χ2n) is 19.3. The summed E-state index contributed by atoms with van der Waals surface area (Å²) >= 11 is 13.4. The Morgan fingerprint density at radius 1 is 0.765 bits per heavy atom. The van der Waals surface area contributed by atoms with E-state index in [1.807, 2.05) is 53.7 Å². The van der Waals surface area contributed by atoms with Gasteiger partial charge in [0.05, 0.1) is 33.8 Å². The maximum absolute atomic E-state index is 13.2. The van der Waals surface area contributed by atoms with Crippen LogP contribution in [0, 0.1) is 5.92 Å². The quantitative estimate of drug-likeness (QED) is 0.0351. The minimum Gasteiger partial charge on any atom is -0.375 e. The number of piperidine rings is 1. The Hall–Kier alpha value is -5.35. The zero-order valence-corrected chi connectivity index (χ0v) is 40.0. The lowest BCUT2D eigenvalue weighted by Gasteiger charge is -2.50. The van der Waals surface area contributed by atoms with Gasteiger partial charge in [-0.25, -0.2) is 19.9 Å². The van der Waals surface area contributed by atoms with E-state index in [9.17, 15) is 9.90 Å². The molecule has 2 saturated heterocycles. The lowest BCUT2D eigenvalue weighted by molar-refractivity contribution is -0.130. The van der Waals surface area contributed by atoms with E-state index < -0.39 is 6.23 Å². The molecule has 0 spiro atoms. The number of likely N-dealkylation sites (tertiary alicyclic amines) is 1. The summed E-state index contributed by atoms with van der Waals surface area (Å²) in [6.07, 6.45) is 19.7. The van der Waals surface area contributed by atoms with Crippen LogP contribution in [0.5, 0.6) is 0 Å². The van der Waals surface area contributed by atoms with Gasteiger partial charge in [0.2, 0.25) is 17.8 Å². The van der Waals surface area contributed by atoms with Crippen molar-refractivity contribution in [2.45, 2.75) is 107 Å². The monoisotopic (exact) mass is 956 g/mol. The van der Waals surface area contributed by atoms with E-state index in [1.165, 1.54) is 6.08 Å². The molecule has 68 heavy (non-hydrogen) atoms. The number of nitrogens with zero attached hydrogens (tertiary/aromatic N) is 7. The molecule has 10 rings (SSSR count). The topological polar surface area (TPSA) is 166 Å². The third kappa shape index (κ3) is 10.2. The van der Waals surface area contributed by atoms with Crippen molar-refractivity contribution < 1.29 is 9.90 Å². The first-order chi connectivity index (χ1) is 33.2. The molecule has 2 saturated carbocycles. The van der Waals surface area contributed by atoms with Crippen molar-refractivity contribution in [2.24, 2.45) is 5.92 Å². The first kappa shape index (κ1) is 46.4. The van der Waals surface area contributed by atoms with Crippen LogP contribution in [0.4, 0.5) is 11.9 Å². The smallest absolute Gasteiger partial charge is 0.246 e. The summed E-state index contributed by atoms with van der Waals surface area (Å²) in [5.74, 6) is 1.48. The van der Waals surface area contributed by atoms with Gasteiger partial charge in [-0.15, -0.1) is 0 Å². The molecular weight excluding hydrogens is 896 g/mol. The third-order valence-electron chi connectivity index (χ3n) is 14.9. The molecule has 1 amide bonds. The molecule has 4 aliphatic rings. The van der Waals surface area contributed by atoms with Gasteiger partial charge in [-0.1, -0.05) is 72.8 Å². The van der Waals surface area contributed by atoms with E-state index in [4.69, 9.17) is 33.2 Å². The standard InChI is InChI=1S/C52H62Cl2N12O2/c1-3-47(67)59-35-21-32(29-65(30-35)36-13-9-11-33(23-36)60-51-57-27-43(53)49(62-51)41-25-55-45-17-7-5-15-39(41)45)22-38-31-64(48(68)4-2)19-20-66(38)37-14-10-12-34(24-37)61-52-58-28-44(54)50(63-52)42-26-56-46-18-8-6-16-40(42)46/h3-8,15-18,25-28,32-38,47,55-56,59,67H,1-2,9-14,19-24,29-31H2,(H,57,60,62)(H,58,61,63)/t32?,33-,34-,35+,36?,37-,38+,47?/m1/s1. The summed E-state index contributed by atoms with van der Waals surface area (Å²) in [5.41, 5.74) is 5.39. The number of aromatic nitrogens is 6. The van der Waals surface area contributed by atoms with Crippen LogP contribution in [0.15, 0.2) is 98.6 Å².